The Morgan fingerprint density at radius 2 is 2.25 bits per heavy atom. The Bertz CT molecular complexity index is 532. The van der Waals surface area contributed by atoms with Gasteiger partial charge in [0, 0.05) is 32.0 Å². The summed E-state index contributed by atoms with van der Waals surface area (Å²) in [5.41, 5.74) is 0.551. The summed E-state index contributed by atoms with van der Waals surface area (Å²) in [6, 6.07) is 4.65. The number of ether oxygens (including phenoxy) is 1. The summed E-state index contributed by atoms with van der Waals surface area (Å²) in [7, 11) is 1.69. The van der Waals surface area contributed by atoms with Crippen LogP contribution in [0.2, 0.25) is 0 Å². The predicted molar refractivity (Wildman–Crippen MR) is 75.3 cm³/mol. The molecule has 108 valence electrons. The average molecular weight is 278 g/mol. The maximum atomic E-state index is 11.0. The average Bonchev–Trinajstić information content (AvgIpc) is 2.46. The lowest BCUT2D eigenvalue weighted by atomic mass is 9.94. The van der Waals surface area contributed by atoms with Crippen LogP contribution in [0.25, 0.3) is 0 Å². The number of hydrogen-bond donors (Lipinski definition) is 0. The van der Waals surface area contributed by atoms with Gasteiger partial charge in [-0.05, 0) is 31.9 Å². The van der Waals surface area contributed by atoms with Crippen LogP contribution in [0.5, 0.6) is 0 Å². The van der Waals surface area contributed by atoms with Gasteiger partial charge in [0.1, 0.15) is 0 Å². The second kappa shape index (κ2) is 5.58. The smallest absolute Gasteiger partial charge is 0.280 e. The van der Waals surface area contributed by atoms with Gasteiger partial charge in [0.2, 0.25) is 0 Å². The molecule has 2 rings (SSSR count). The number of piperidine rings is 1. The Labute approximate surface area is 117 Å². The van der Waals surface area contributed by atoms with Crippen molar-refractivity contribution < 1.29 is 14.5 Å². The molecule has 1 aromatic rings. The quantitative estimate of drug-likeness (QED) is 0.480. The minimum absolute atomic E-state index is 0.109. The highest BCUT2D eigenvalue weighted by atomic mass is 16.6. The number of nitro groups is 1. The van der Waals surface area contributed by atoms with E-state index in [1.54, 1.807) is 19.2 Å². The van der Waals surface area contributed by atoms with E-state index in [4.69, 9.17) is 4.74 Å². The molecule has 1 saturated heterocycles. The van der Waals surface area contributed by atoms with Crippen molar-refractivity contribution >= 4 is 17.7 Å². The van der Waals surface area contributed by atoms with Crippen molar-refractivity contribution in [3.8, 4) is 0 Å². The van der Waals surface area contributed by atoms with Gasteiger partial charge in [-0.3, -0.25) is 14.9 Å². The fourth-order valence-electron chi connectivity index (χ4n) is 2.59. The van der Waals surface area contributed by atoms with Crippen LogP contribution in [0.4, 0.5) is 11.4 Å². The van der Waals surface area contributed by atoms with Crippen LogP contribution in [0.15, 0.2) is 18.2 Å². The number of nitro benzene ring substituents is 1. The zero-order valence-corrected chi connectivity index (χ0v) is 11.7. The molecule has 6 nitrogen and oxygen atoms in total. The lowest BCUT2D eigenvalue weighted by molar-refractivity contribution is -0.385. The molecular formula is C14H18N2O4. The molecule has 0 saturated carbocycles. The Morgan fingerprint density at radius 3 is 2.85 bits per heavy atom. The lowest BCUT2D eigenvalue weighted by Gasteiger charge is -2.40. The summed E-state index contributed by atoms with van der Waals surface area (Å²) >= 11 is 0. The minimum Gasteiger partial charge on any atom is -0.377 e. The highest BCUT2D eigenvalue weighted by Crippen LogP contribution is 2.30. The van der Waals surface area contributed by atoms with Crippen molar-refractivity contribution in [1.82, 2.24) is 0 Å². The third-order valence-corrected chi connectivity index (χ3v) is 3.85. The molecular weight excluding hydrogens is 260 g/mol. The van der Waals surface area contributed by atoms with E-state index in [0.717, 1.165) is 25.1 Å². The third kappa shape index (κ3) is 2.80. The molecule has 6 heteroatoms. The Kier molecular flexibility index (Phi) is 4.04. The normalized spacial score (nSPS) is 22.6. The third-order valence-electron chi connectivity index (χ3n) is 3.85. The maximum Gasteiger partial charge on any atom is 0.280 e. The van der Waals surface area contributed by atoms with Gasteiger partial charge in [0.05, 0.1) is 16.1 Å². The van der Waals surface area contributed by atoms with Crippen molar-refractivity contribution in [2.24, 2.45) is 0 Å². The van der Waals surface area contributed by atoms with Crippen LogP contribution < -0.4 is 4.90 Å². The molecule has 0 radical (unpaired) electrons. The van der Waals surface area contributed by atoms with Gasteiger partial charge in [-0.2, -0.15) is 0 Å². The highest BCUT2D eigenvalue weighted by molar-refractivity contribution is 5.83. The van der Waals surface area contributed by atoms with Crippen LogP contribution in [0.3, 0.4) is 0 Å². The van der Waals surface area contributed by atoms with Gasteiger partial charge in [-0.25, -0.2) is 0 Å². The standard InChI is InChI=1S/C14H18N2O4/c1-14(20-2)6-3-7-15(10-14)12-4-5-13(16(18)19)11(8-12)9-17/h4-5,8-9H,3,6-7,10H2,1-2H3. The van der Waals surface area contributed by atoms with E-state index in [-0.39, 0.29) is 16.9 Å². The molecule has 0 spiro atoms. The summed E-state index contributed by atoms with van der Waals surface area (Å²) in [5.74, 6) is 0. The largest absolute Gasteiger partial charge is 0.377 e. The van der Waals surface area contributed by atoms with Gasteiger partial charge in [0.15, 0.2) is 6.29 Å². The monoisotopic (exact) mass is 278 g/mol. The van der Waals surface area contributed by atoms with Gasteiger partial charge in [-0.15, -0.1) is 0 Å². The predicted octanol–water partition coefficient (Wildman–Crippen LogP) is 2.41. The molecule has 0 amide bonds. The van der Waals surface area contributed by atoms with Crippen LogP contribution in [0.1, 0.15) is 30.1 Å². The zero-order valence-electron chi connectivity index (χ0n) is 11.7. The van der Waals surface area contributed by atoms with Crippen molar-refractivity contribution in [3.63, 3.8) is 0 Å². The molecule has 20 heavy (non-hydrogen) atoms. The number of carbonyl (C=O) groups is 1. The first kappa shape index (κ1) is 14.5. The summed E-state index contributed by atoms with van der Waals surface area (Å²) < 4.78 is 5.53. The van der Waals surface area contributed by atoms with Crippen LogP contribution >= 0.6 is 0 Å². The number of aldehydes is 1. The van der Waals surface area contributed by atoms with E-state index in [2.05, 4.69) is 4.90 Å². The van der Waals surface area contributed by atoms with Gasteiger partial charge in [0.25, 0.3) is 5.69 Å². The zero-order chi connectivity index (χ0) is 14.8. The van der Waals surface area contributed by atoms with Crippen molar-refractivity contribution in [1.29, 1.82) is 0 Å². The SMILES string of the molecule is COC1(C)CCCN(c2ccc([N+](=O)[O-])c(C=O)c2)C1. The maximum absolute atomic E-state index is 11.0. The number of rotatable bonds is 4. The van der Waals surface area contributed by atoms with E-state index in [9.17, 15) is 14.9 Å². The van der Waals surface area contributed by atoms with Crippen LogP contribution in [-0.2, 0) is 4.74 Å². The molecule has 1 heterocycles. The van der Waals surface area contributed by atoms with Crippen molar-refractivity contribution in [3.05, 3.63) is 33.9 Å². The molecule has 0 bridgehead atoms. The molecule has 1 aliphatic rings. The van der Waals surface area contributed by atoms with E-state index in [1.165, 1.54) is 6.07 Å². The topological polar surface area (TPSA) is 72.7 Å². The van der Waals surface area contributed by atoms with E-state index >= 15 is 0 Å². The summed E-state index contributed by atoms with van der Waals surface area (Å²) in [5, 5.41) is 10.8. The van der Waals surface area contributed by atoms with Crippen molar-refractivity contribution in [2.45, 2.75) is 25.4 Å². The second-order valence-corrected chi connectivity index (χ2v) is 5.30. The first-order valence-corrected chi connectivity index (χ1v) is 6.53. The summed E-state index contributed by atoms with van der Waals surface area (Å²) in [6.07, 6.45) is 2.49. The van der Waals surface area contributed by atoms with E-state index in [0.29, 0.717) is 12.8 Å². The molecule has 0 aromatic heterocycles. The number of nitrogens with zero attached hydrogens (tertiary/aromatic N) is 2. The number of benzene rings is 1. The number of methoxy groups -OCH3 is 1. The first-order chi connectivity index (χ1) is 9.49. The van der Waals surface area contributed by atoms with Crippen LogP contribution in [0, 0.1) is 10.1 Å². The van der Waals surface area contributed by atoms with Gasteiger partial charge in [-0.1, -0.05) is 0 Å². The minimum atomic E-state index is -0.539. The molecule has 1 aromatic carbocycles. The van der Waals surface area contributed by atoms with E-state index in [1.807, 2.05) is 6.92 Å². The molecule has 0 N–H and O–H groups in total. The number of carbonyl (C=O) groups excluding carboxylic acids is 1. The molecule has 1 aliphatic heterocycles. The Morgan fingerprint density at radius 1 is 1.50 bits per heavy atom. The molecule has 1 fully saturated rings. The number of hydrogen-bond acceptors (Lipinski definition) is 5. The molecule has 1 atom stereocenters. The summed E-state index contributed by atoms with van der Waals surface area (Å²) in [6.45, 7) is 3.61. The van der Waals surface area contributed by atoms with Gasteiger partial charge < -0.3 is 9.64 Å². The van der Waals surface area contributed by atoms with Crippen molar-refractivity contribution in [2.75, 3.05) is 25.1 Å². The summed E-state index contributed by atoms with van der Waals surface area (Å²) in [4.78, 5) is 23.4. The molecule has 0 aliphatic carbocycles. The molecule has 1 unspecified atom stereocenters. The first-order valence-electron chi connectivity index (χ1n) is 6.53. The van der Waals surface area contributed by atoms with E-state index < -0.39 is 4.92 Å². The lowest BCUT2D eigenvalue weighted by Crippen LogP contribution is -2.47. The van der Waals surface area contributed by atoms with Crippen LogP contribution in [-0.4, -0.2) is 37.0 Å². The Balaban J connectivity index is 2.29. The highest BCUT2D eigenvalue weighted by Gasteiger charge is 2.31. The fraction of sp³-hybridized carbons (Fsp3) is 0.500. The second-order valence-electron chi connectivity index (χ2n) is 5.30. The Hall–Kier alpha value is -1.95. The number of anilines is 1. The fourth-order valence-corrected chi connectivity index (χ4v) is 2.59. The van der Waals surface area contributed by atoms with Gasteiger partial charge >= 0.3 is 0 Å².